The van der Waals surface area contributed by atoms with Crippen LogP contribution in [0, 0.1) is 32.7 Å². The highest BCUT2D eigenvalue weighted by molar-refractivity contribution is 14.1. The molecular formula is C13H8F5IN2O3S. The van der Waals surface area contributed by atoms with Crippen molar-refractivity contribution in [3.63, 3.8) is 0 Å². The maximum Gasteiger partial charge on any atom is 0.246 e. The monoisotopic (exact) mass is 494 g/mol. The molecule has 0 aliphatic heterocycles. The number of halogens is 6. The smallest absolute Gasteiger partial charge is 0.246 e. The van der Waals surface area contributed by atoms with Gasteiger partial charge in [0.15, 0.2) is 28.2 Å². The van der Waals surface area contributed by atoms with Gasteiger partial charge in [0.05, 0.1) is 0 Å². The number of benzene rings is 1. The molecule has 1 aromatic heterocycles. The molecule has 2 rings (SSSR count). The van der Waals surface area contributed by atoms with E-state index in [1.807, 2.05) is 22.6 Å². The van der Waals surface area contributed by atoms with Crippen LogP contribution in [0.4, 0.5) is 22.0 Å². The SMILES string of the molecule is O=S(=O)(NCCOc1ccc(I)cn1)c1c(F)c(F)c(F)c(F)c1F. The van der Waals surface area contributed by atoms with Crippen molar-refractivity contribution >= 4 is 32.6 Å². The van der Waals surface area contributed by atoms with Crippen LogP contribution >= 0.6 is 22.6 Å². The number of ether oxygens (including phenoxy) is 1. The largest absolute Gasteiger partial charge is 0.476 e. The molecule has 0 bridgehead atoms. The average molecular weight is 494 g/mol. The number of nitrogens with zero attached hydrogens (tertiary/aromatic N) is 1. The van der Waals surface area contributed by atoms with E-state index in [9.17, 15) is 30.4 Å². The van der Waals surface area contributed by atoms with Gasteiger partial charge in [-0.3, -0.25) is 0 Å². The zero-order chi connectivity index (χ0) is 18.8. The molecule has 0 aliphatic carbocycles. The van der Waals surface area contributed by atoms with E-state index < -0.39 is 50.5 Å². The predicted octanol–water partition coefficient (Wildman–Crippen LogP) is 2.74. The number of hydrogen-bond acceptors (Lipinski definition) is 4. The predicted molar refractivity (Wildman–Crippen MR) is 83.9 cm³/mol. The Bertz CT molecular complexity index is 865. The Balaban J connectivity index is 2.11. The van der Waals surface area contributed by atoms with Gasteiger partial charge in [-0.25, -0.2) is 40.1 Å². The van der Waals surface area contributed by atoms with Gasteiger partial charge in [0.2, 0.25) is 21.7 Å². The van der Waals surface area contributed by atoms with E-state index in [4.69, 9.17) is 4.74 Å². The standard InChI is InChI=1S/C13H8F5IN2O3S/c14-8-9(15)11(17)13(12(18)10(8)16)25(22,23)21-3-4-24-7-2-1-6(19)5-20-7/h1-2,5,21H,3-4H2. The number of pyridine rings is 1. The van der Waals surface area contributed by atoms with Crippen molar-refractivity contribution in [3.05, 3.63) is 51.0 Å². The van der Waals surface area contributed by atoms with Crippen molar-refractivity contribution < 1.29 is 35.1 Å². The van der Waals surface area contributed by atoms with Crippen molar-refractivity contribution in [1.82, 2.24) is 9.71 Å². The second-order valence-corrected chi connectivity index (χ2v) is 7.41. The summed E-state index contributed by atoms with van der Waals surface area (Å²) in [6.07, 6.45) is 1.48. The second-order valence-electron chi connectivity index (χ2n) is 4.46. The molecule has 0 saturated carbocycles. The Kier molecular flexibility index (Phi) is 6.16. The summed E-state index contributed by atoms with van der Waals surface area (Å²) in [5.41, 5.74) is 0. The molecule has 0 amide bonds. The van der Waals surface area contributed by atoms with Crippen LogP contribution in [-0.2, 0) is 10.0 Å². The maximum atomic E-state index is 13.5. The summed E-state index contributed by atoms with van der Waals surface area (Å²) in [6, 6.07) is 3.17. The molecule has 12 heteroatoms. The molecule has 5 nitrogen and oxygen atoms in total. The van der Waals surface area contributed by atoms with Crippen molar-refractivity contribution in [2.24, 2.45) is 0 Å². The first-order valence-corrected chi connectivity index (χ1v) is 8.96. The van der Waals surface area contributed by atoms with Crippen molar-refractivity contribution in [3.8, 4) is 5.88 Å². The first-order chi connectivity index (χ1) is 11.6. The minimum Gasteiger partial charge on any atom is -0.476 e. The fourth-order valence-electron chi connectivity index (χ4n) is 1.67. The van der Waals surface area contributed by atoms with E-state index in [2.05, 4.69) is 4.98 Å². The van der Waals surface area contributed by atoms with E-state index in [0.29, 0.717) is 0 Å². The normalized spacial score (nSPS) is 11.6. The van der Waals surface area contributed by atoms with Crippen molar-refractivity contribution in [2.75, 3.05) is 13.2 Å². The topological polar surface area (TPSA) is 68.3 Å². The Morgan fingerprint density at radius 3 is 2.08 bits per heavy atom. The second kappa shape index (κ2) is 7.78. The van der Waals surface area contributed by atoms with Crippen LogP contribution in [0.2, 0.25) is 0 Å². The van der Waals surface area contributed by atoms with E-state index >= 15 is 0 Å². The quantitative estimate of drug-likeness (QED) is 0.221. The lowest BCUT2D eigenvalue weighted by Crippen LogP contribution is -2.30. The summed E-state index contributed by atoms with van der Waals surface area (Å²) in [5, 5.41) is 0. The Morgan fingerprint density at radius 1 is 1.00 bits per heavy atom. The molecule has 0 aliphatic rings. The minimum absolute atomic E-state index is 0.163. The molecule has 1 N–H and O–H groups in total. The average Bonchev–Trinajstić information content (AvgIpc) is 2.56. The van der Waals surface area contributed by atoms with Crippen LogP contribution in [-0.4, -0.2) is 26.6 Å². The molecule has 1 heterocycles. The van der Waals surface area contributed by atoms with E-state index in [0.717, 1.165) is 3.57 Å². The molecule has 2 aromatic rings. The van der Waals surface area contributed by atoms with Gasteiger partial charge in [-0.05, 0) is 28.7 Å². The third-order valence-corrected chi connectivity index (χ3v) is 4.90. The van der Waals surface area contributed by atoms with Crippen molar-refractivity contribution in [2.45, 2.75) is 4.90 Å². The van der Waals surface area contributed by atoms with Crippen LogP contribution in [0.25, 0.3) is 0 Å². The zero-order valence-corrected chi connectivity index (χ0v) is 15.0. The lowest BCUT2D eigenvalue weighted by atomic mass is 10.3. The number of hydrogen-bond donors (Lipinski definition) is 1. The highest BCUT2D eigenvalue weighted by Gasteiger charge is 2.33. The number of sulfonamides is 1. The third kappa shape index (κ3) is 4.36. The summed E-state index contributed by atoms with van der Waals surface area (Å²) < 4.78 is 97.4. The summed E-state index contributed by atoms with van der Waals surface area (Å²) in [6.45, 7) is -0.780. The summed E-state index contributed by atoms with van der Waals surface area (Å²) in [7, 11) is -4.99. The minimum atomic E-state index is -4.99. The van der Waals surface area contributed by atoms with Gasteiger partial charge in [0.25, 0.3) is 0 Å². The van der Waals surface area contributed by atoms with Crippen LogP contribution in [0.1, 0.15) is 0 Å². The van der Waals surface area contributed by atoms with Gasteiger partial charge >= 0.3 is 0 Å². The van der Waals surface area contributed by atoms with E-state index in [1.165, 1.54) is 12.3 Å². The Hall–Kier alpha value is -1.54. The molecule has 0 atom stereocenters. The first kappa shape index (κ1) is 19.8. The fourth-order valence-corrected chi connectivity index (χ4v) is 3.14. The lowest BCUT2D eigenvalue weighted by Gasteiger charge is -2.11. The van der Waals surface area contributed by atoms with Gasteiger partial charge in [0, 0.05) is 22.4 Å². The lowest BCUT2D eigenvalue weighted by molar-refractivity contribution is 0.310. The first-order valence-electron chi connectivity index (χ1n) is 6.40. The molecule has 136 valence electrons. The number of aromatic nitrogens is 1. The van der Waals surface area contributed by atoms with Crippen LogP contribution < -0.4 is 9.46 Å². The summed E-state index contributed by atoms with van der Waals surface area (Å²) >= 11 is 2.00. The van der Waals surface area contributed by atoms with E-state index in [-0.39, 0.29) is 12.5 Å². The molecule has 0 radical (unpaired) electrons. The Morgan fingerprint density at radius 2 is 1.56 bits per heavy atom. The van der Waals surface area contributed by atoms with Gasteiger partial charge in [0.1, 0.15) is 6.61 Å². The van der Waals surface area contributed by atoms with Crippen LogP contribution in [0.3, 0.4) is 0 Å². The van der Waals surface area contributed by atoms with Crippen LogP contribution in [0.5, 0.6) is 5.88 Å². The van der Waals surface area contributed by atoms with Gasteiger partial charge < -0.3 is 4.74 Å². The number of nitrogens with one attached hydrogen (secondary N) is 1. The summed E-state index contributed by atoms with van der Waals surface area (Å²) in [5.74, 6) is -11.9. The molecule has 0 saturated heterocycles. The molecular weight excluding hydrogens is 486 g/mol. The van der Waals surface area contributed by atoms with Gasteiger partial charge in [-0.2, -0.15) is 0 Å². The molecule has 0 fully saturated rings. The third-order valence-electron chi connectivity index (χ3n) is 2.78. The molecule has 25 heavy (non-hydrogen) atoms. The molecule has 1 aromatic carbocycles. The van der Waals surface area contributed by atoms with Gasteiger partial charge in [-0.15, -0.1) is 0 Å². The highest BCUT2D eigenvalue weighted by atomic mass is 127. The highest BCUT2D eigenvalue weighted by Crippen LogP contribution is 2.26. The fraction of sp³-hybridized carbons (Fsp3) is 0.154. The van der Waals surface area contributed by atoms with E-state index in [1.54, 1.807) is 10.8 Å². The zero-order valence-electron chi connectivity index (χ0n) is 12.0. The van der Waals surface area contributed by atoms with Crippen LogP contribution in [0.15, 0.2) is 23.2 Å². The van der Waals surface area contributed by atoms with Gasteiger partial charge in [-0.1, -0.05) is 0 Å². The summed E-state index contributed by atoms with van der Waals surface area (Å²) in [4.78, 5) is 1.92. The number of rotatable bonds is 6. The van der Waals surface area contributed by atoms with Crippen molar-refractivity contribution in [1.29, 1.82) is 0 Å². The Labute approximate surface area is 152 Å². The maximum absolute atomic E-state index is 13.5. The molecule has 0 spiro atoms. The molecule has 0 unspecified atom stereocenters.